The Kier molecular flexibility index (Phi) is 4.93. The fraction of sp³-hybridized carbons (Fsp3) is 0.286. The zero-order valence-electron chi connectivity index (χ0n) is 11.5. The SMILES string of the molecule is CSc1ccc(-c2csc(NC(=O)C3(N)CC3)n2)cc1.Cl. The van der Waals surface area contributed by atoms with Crippen LogP contribution >= 0.6 is 35.5 Å². The molecule has 1 aliphatic carbocycles. The van der Waals surface area contributed by atoms with Crippen LogP contribution in [-0.4, -0.2) is 22.7 Å². The van der Waals surface area contributed by atoms with Crippen LogP contribution in [0.4, 0.5) is 5.13 Å². The van der Waals surface area contributed by atoms with Crippen molar-refractivity contribution in [3.05, 3.63) is 29.6 Å². The van der Waals surface area contributed by atoms with Gasteiger partial charge in [-0.3, -0.25) is 4.79 Å². The number of nitrogens with zero attached hydrogens (tertiary/aromatic N) is 1. The molecular formula is C14H16ClN3OS2. The lowest BCUT2D eigenvalue weighted by atomic mass is 10.2. The second-order valence-electron chi connectivity index (χ2n) is 4.88. The van der Waals surface area contributed by atoms with Crippen molar-refractivity contribution in [1.82, 2.24) is 4.98 Å². The zero-order chi connectivity index (χ0) is 14.2. The first kappa shape index (κ1) is 16.3. The van der Waals surface area contributed by atoms with Crippen LogP contribution in [0.25, 0.3) is 11.3 Å². The van der Waals surface area contributed by atoms with E-state index in [0.717, 1.165) is 24.1 Å². The Morgan fingerprint density at radius 1 is 1.38 bits per heavy atom. The minimum Gasteiger partial charge on any atom is -0.317 e. The summed E-state index contributed by atoms with van der Waals surface area (Å²) in [5.41, 5.74) is 7.11. The Balaban J connectivity index is 0.00000161. The summed E-state index contributed by atoms with van der Waals surface area (Å²) in [4.78, 5) is 17.5. The molecule has 0 atom stereocenters. The van der Waals surface area contributed by atoms with E-state index in [9.17, 15) is 4.79 Å². The van der Waals surface area contributed by atoms with Crippen LogP contribution in [0.5, 0.6) is 0 Å². The van der Waals surface area contributed by atoms with Crippen molar-refractivity contribution < 1.29 is 4.79 Å². The lowest BCUT2D eigenvalue weighted by molar-refractivity contribution is -0.118. The molecule has 112 valence electrons. The van der Waals surface area contributed by atoms with Crippen LogP contribution in [0, 0.1) is 0 Å². The third-order valence-electron chi connectivity index (χ3n) is 3.35. The molecule has 0 aliphatic heterocycles. The number of thiazole rings is 1. The Hall–Kier alpha value is -1.08. The largest absolute Gasteiger partial charge is 0.317 e. The molecule has 2 aromatic rings. The maximum absolute atomic E-state index is 11.9. The molecule has 0 bridgehead atoms. The Labute approximate surface area is 137 Å². The number of thioether (sulfide) groups is 1. The van der Waals surface area contributed by atoms with Gasteiger partial charge in [0, 0.05) is 15.8 Å². The number of aromatic nitrogens is 1. The number of rotatable bonds is 4. The predicted molar refractivity (Wildman–Crippen MR) is 91.4 cm³/mol. The van der Waals surface area contributed by atoms with Gasteiger partial charge in [-0.1, -0.05) is 12.1 Å². The fourth-order valence-corrected chi connectivity index (χ4v) is 2.93. The minimum absolute atomic E-state index is 0. The maximum Gasteiger partial charge on any atom is 0.246 e. The van der Waals surface area contributed by atoms with Gasteiger partial charge < -0.3 is 11.1 Å². The van der Waals surface area contributed by atoms with E-state index in [2.05, 4.69) is 22.4 Å². The molecule has 1 aromatic heterocycles. The molecule has 1 saturated carbocycles. The van der Waals surface area contributed by atoms with E-state index in [-0.39, 0.29) is 18.3 Å². The summed E-state index contributed by atoms with van der Waals surface area (Å²) in [7, 11) is 0. The third-order valence-corrected chi connectivity index (χ3v) is 4.85. The van der Waals surface area contributed by atoms with Crippen LogP contribution in [0.1, 0.15) is 12.8 Å². The Morgan fingerprint density at radius 2 is 2.05 bits per heavy atom. The minimum atomic E-state index is -0.661. The molecule has 1 heterocycles. The van der Waals surface area contributed by atoms with Gasteiger partial charge in [-0.15, -0.1) is 35.5 Å². The molecule has 0 radical (unpaired) electrons. The molecule has 3 N–H and O–H groups in total. The van der Waals surface area contributed by atoms with Crippen LogP contribution < -0.4 is 11.1 Å². The number of benzene rings is 1. The van der Waals surface area contributed by atoms with Crippen LogP contribution in [0.3, 0.4) is 0 Å². The monoisotopic (exact) mass is 341 g/mol. The van der Waals surface area contributed by atoms with E-state index in [1.54, 1.807) is 11.8 Å². The molecule has 1 fully saturated rings. The van der Waals surface area contributed by atoms with Crippen molar-refractivity contribution in [2.75, 3.05) is 11.6 Å². The average molecular weight is 342 g/mol. The van der Waals surface area contributed by atoms with Gasteiger partial charge in [0.1, 0.15) is 0 Å². The van der Waals surface area contributed by atoms with Crippen molar-refractivity contribution in [3.8, 4) is 11.3 Å². The summed E-state index contributed by atoms with van der Waals surface area (Å²) in [6, 6.07) is 8.21. The molecule has 1 aliphatic rings. The van der Waals surface area contributed by atoms with E-state index >= 15 is 0 Å². The Bertz CT molecular complexity index is 638. The predicted octanol–water partition coefficient (Wildman–Crippen LogP) is 3.38. The second-order valence-corrected chi connectivity index (χ2v) is 6.61. The number of amides is 1. The number of carbonyl (C=O) groups excluding carboxylic acids is 1. The van der Waals surface area contributed by atoms with Gasteiger partial charge in [0.05, 0.1) is 11.2 Å². The topological polar surface area (TPSA) is 68.0 Å². The van der Waals surface area contributed by atoms with Gasteiger partial charge >= 0.3 is 0 Å². The number of carbonyl (C=O) groups is 1. The quantitative estimate of drug-likeness (QED) is 0.836. The number of nitrogens with one attached hydrogen (secondary N) is 1. The van der Waals surface area contributed by atoms with E-state index in [1.807, 2.05) is 23.8 Å². The van der Waals surface area contributed by atoms with E-state index in [0.29, 0.717) is 5.13 Å². The number of hydrogen-bond donors (Lipinski definition) is 2. The normalized spacial score (nSPS) is 15.1. The van der Waals surface area contributed by atoms with Gasteiger partial charge in [0.25, 0.3) is 0 Å². The summed E-state index contributed by atoms with van der Waals surface area (Å²) in [6.07, 6.45) is 3.56. The first-order valence-electron chi connectivity index (χ1n) is 6.31. The summed E-state index contributed by atoms with van der Waals surface area (Å²) in [5.74, 6) is -0.129. The highest BCUT2D eigenvalue weighted by molar-refractivity contribution is 7.98. The van der Waals surface area contributed by atoms with Crippen molar-refractivity contribution in [2.24, 2.45) is 5.73 Å². The third kappa shape index (κ3) is 3.58. The van der Waals surface area contributed by atoms with Crippen LogP contribution in [0.2, 0.25) is 0 Å². The number of anilines is 1. The molecular weight excluding hydrogens is 326 g/mol. The van der Waals surface area contributed by atoms with Crippen molar-refractivity contribution in [2.45, 2.75) is 23.3 Å². The van der Waals surface area contributed by atoms with Gasteiger partial charge in [-0.25, -0.2) is 4.98 Å². The van der Waals surface area contributed by atoms with E-state index in [4.69, 9.17) is 5.73 Å². The maximum atomic E-state index is 11.9. The number of hydrogen-bond acceptors (Lipinski definition) is 5. The standard InChI is InChI=1S/C14H15N3OS2.ClH/c1-19-10-4-2-9(3-5-10)11-8-20-13(16-11)17-12(18)14(15)6-7-14;/h2-5,8H,6-7,15H2,1H3,(H,16,17,18);1H. The number of halogens is 1. The molecule has 0 unspecified atom stereocenters. The van der Waals surface area contributed by atoms with Gasteiger partial charge in [0.2, 0.25) is 5.91 Å². The Morgan fingerprint density at radius 3 is 2.62 bits per heavy atom. The van der Waals surface area contributed by atoms with Gasteiger partial charge in [0.15, 0.2) is 5.13 Å². The van der Waals surface area contributed by atoms with E-state index < -0.39 is 5.54 Å². The highest BCUT2D eigenvalue weighted by Crippen LogP contribution is 2.34. The van der Waals surface area contributed by atoms with Crippen LogP contribution in [-0.2, 0) is 4.79 Å². The summed E-state index contributed by atoms with van der Waals surface area (Å²) >= 11 is 3.13. The summed E-state index contributed by atoms with van der Waals surface area (Å²) < 4.78 is 0. The van der Waals surface area contributed by atoms with Crippen molar-refractivity contribution in [3.63, 3.8) is 0 Å². The molecule has 7 heteroatoms. The molecule has 0 saturated heterocycles. The van der Waals surface area contributed by atoms with Crippen LogP contribution in [0.15, 0.2) is 34.5 Å². The zero-order valence-corrected chi connectivity index (χ0v) is 13.9. The molecule has 0 spiro atoms. The van der Waals surface area contributed by atoms with Gasteiger partial charge in [-0.05, 0) is 31.2 Å². The highest BCUT2D eigenvalue weighted by Gasteiger charge is 2.46. The number of nitrogens with two attached hydrogens (primary N) is 1. The first-order valence-corrected chi connectivity index (χ1v) is 8.41. The van der Waals surface area contributed by atoms with Crippen molar-refractivity contribution >= 4 is 46.5 Å². The molecule has 1 aromatic carbocycles. The molecule has 4 nitrogen and oxygen atoms in total. The molecule has 3 rings (SSSR count). The van der Waals surface area contributed by atoms with Gasteiger partial charge in [-0.2, -0.15) is 0 Å². The second kappa shape index (κ2) is 6.36. The lowest BCUT2D eigenvalue weighted by Gasteiger charge is -2.06. The van der Waals surface area contributed by atoms with Crippen molar-refractivity contribution in [1.29, 1.82) is 0 Å². The highest BCUT2D eigenvalue weighted by atomic mass is 35.5. The van der Waals surface area contributed by atoms with E-state index in [1.165, 1.54) is 16.2 Å². The molecule has 21 heavy (non-hydrogen) atoms. The lowest BCUT2D eigenvalue weighted by Crippen LogP contribution is -2.37. The summed E-state index contributed by atoms with van der Waals surface area (Å²) in [6.45, 7) is 0. The smallest absolute Gasteiger partial charge is 0.246 e. The average Bonchev–Trinajstić information content (AvgIpc) is 3.06. The fourth-order valence-electron chi connectivity index (χ4n) is 1.81. The molecule has 1 amide bonds. The first-order chi connectivity index (χ1) is 9.60. The summed E-state index contributed by atoms with van der Waals surface area (Å²) in [5, 5.41) is 5.35.